The highest BCUT2D eigenvalue weighted by Crippen LogP contribution is 2.40. The maximum absolute atomic E-state index is 6.10. The van der Waals surface area contributed by atoms with Crippen LogP contribution in [0.5, 0.6) is 0 Å². The molecule has 19 heavy (non-hydrogen) atoms. The number of aromatic nitrogens is 1. The molecule has 3 rings (SSSR count). The van der Waals surface area contributed by atoms with Gasteiger partial charge < -0.3 is 5.73 Å². The summed E-state index contributed by atoms with van der Waals surface area (Å²) in [5.74, 6) is 0. The fraction of sp³-hybridized carbons (Fsp3) is 0.357. The molecular weight excluding hydrogens is 296 g/mol. The van der Waals surface area contributed by atoms with Crippen LogP contribution in [0.4, 0.5) is 5.00 Å². The van der Waals surface area contributed by atoms with E-state index >= 15 is 0 Å². The van der Waals surface area contributed by atoms with Crippen molar-refractivity contribution in [3.8, 4) is 11.3 Å². The van der Waals surface area contributed by atoms with E-state index < -0.39 is 0 Å². The van der Waals surface area contributed by atoms with Gasteiger partial charge in [-0.05, 0) is 25.0 Å². The summed E-state index contributed by atoms with van der Waals surface area (Å²) in [6.07, 6.45) is 5.31. The predicted molar refractivity (Wildman–Crippen MR) is 85.1 cm³/mol. The number of halogens is 1. The smallest absolute Gasteiger partial charge is 0.152 e. The summed E-state index contributed by atoms with van der Waals surface area (Å²) in [6.45, 7) is 0. The van der Waals surface area contributed by atoms with Crippen LogP contribution in [0.3, 0.4) is 0 Å². The first kappa shape index (κ1) is 13.3. The molecule has 0 unspecified atom stereocenters. The standard InChI is InChI=1S/C14H15ClN2S2/c15-10-7-5-9(6-8-10)12-13(16)19-14(17-12)18-11-3-1-2-4-11/h5-8,11H,1-4,16H2. The lowest BCUT2D eigenvalue weighted by Gasteiger charge is -2.04. The number of thiazole rings is 1. The van der Waals surface area contributed by atoms with Gasteiger partial charge in [-0.2, -0.15) is 0 Å². The third-order valence-corrected chi connectivity index (χ3v) is 5.89. The summed E-state index contributed by atoms with van der Waals surface area (Å²) < 4.78 is 1.09. The SMILES string of the molecule is Nc1sc(SC2CCCC2)nc1-c1ccc(Cl)cc1. The van der Waals surface area contributed by atoms with Crippen LogP contribution >= 0.6 is 34.7 Å². The van der Waals surface area contributed by atoms with Crippen LogP contribution in [0.15, 0.2) is 28.6 Å². The molecule has 2 N–H and O–H groups in total. The third kappa shape index (κ3) is 3.07. The molecular formula is C14H15ClN2S2. The summed E-state index contributed by atoms with van der Waals surface area (Å²) in [6, 6.07) is 7.69. The topological polar surface area (TPSA) is 38.9 Å². The van der Waals surface area contributed by atoms with Crippen molar-refractivity contribution in [2.45, 2.75) is 35.3 Å². The predicted octanol–water partition coefficient (Wildman–Crippen LogP) is 5.08. The van der Waals surface area contributed by atoms with Gasteiger partial charge in [0.1, 0.15) is 10.7 Å². The Balaban J connectivity index is 1.82. The fourth-order valence-electron chi connectivity index (χ4n) is 2.33. The number of nitrogen functional groups attached to an aromatic ring is 1. The van der Waals surface area contributed by atoms with Gasteiger partial charge in [0.25, 0.3) is 0 Å². The van der Waals surface area contributed by atoms with Crippen LogP contribution in [-0.2, 0) is 0 Å². The Morgan fingerprint density at radius 1 is 1.21 bits per heavy atom. The zero-order valence-electron chi connectivity index (χ0n) is 10.4. The van der Waals surface area contributed by atoms with Gasteiger partial charge in [0.2, 0.25) is 0 Å². The van der Waals surface area contributed by atoms with Gasteiger partial charge in [0.15, 0.2) is 4.34 Å². The number of thioether (sulfide) groups is 1. The molecule has 1 heterocycles. The summed E-state index contributed by atoms with van der Waals surface area (Å²) in [4.78, 5) is 4.69. The second-order valence-electron chi connectivity index (χ2n) is 4.72. The Kier molecular flexibility index (Phi) is 4.01. The lowest BCUT2D eigenvalue weighted by Crippen LogP contribution is -1.92. The Hall–Kier alpha value is -0.710. The summed E-state index contributed by atoms with van der Waals surface area (Å²) in [5.41, 5.74) is 8.02. The van der Waals surface area contributed by atoms with E-state index in [9.17, 15) is 0 Å². The first-order chi connectivity index (χ1) is 9.22. The van der Waals surface area contributed by atoms with E-state index in [2.05, 4.69) is 4.98 Å². The Labute approximate surface area is 126 Å². The van der Waals surface area contributed by atoms with Crippen LogP contribution in [0.2, 0.25) is 5.02 Å². The van der Waals surface area contributed by atoms with E-state index in [1.54, 1.807) is 11.3 Å². The number of nitrogens with two attached hydrogens (primary N) is 1. The number of benzene rings is 1. The molecule has 1 aliphatic rings. The largest absolute Gasteiger partial charge is 0.389 e. The Bertz CT molecular complexity index is 559. The van der Waals surface area contributed by atoms with Crippen molar-refractivity contribution in [1.29, 1.82) is 0 Å². The first-order valence-electron chi connectivity index (χ1n) is 6.41. The van der Waals surface area contributed by atoms with E-state index in [0.29, 0.717) is 0 Å². The van der Waals surface area contributed by atoms with Gasteiger partial charge in [-0.15, -0.1) is 0 Å². The molecule has 0 radical (unpaired) electrons. The molecule has 1 aliphatic carbocycles. The highest BCUT2D eigenvalue weighted by atomic mass is 35.5. The van der Waals surface area contributed by atoms with Crippen molar-refractivity contribution in [1.82, 2.24) is 4.98 Å². The van der Waals surface area contributed by atoms with E-state index in [4.69, 9.17) is 17.3 Å². The zero-order chi connectivity index (χ0) is 13.2. The molecule has 0 amide bonds. The monoisotopic (exact) mass is 310 g/mol. The molecule has 0 bridgehead atoms. The van der Waals surface area contributed by atoms with E-state index in [-0.39, 0.29) is 0 Å². The van der Waals surface area contributed by atoms with Crippen LogP contribution in [0.25, 0.3) is 11.3 Å². The number of anilines is 1. The van der Waals surface area contributed by atoms with Crippen LogP contribution < -0.4 is 5.73 Å². The molecule has 1 saturated carbocycles. The van der Waals surface area contributed by atoms with Crippen molar-refractivity contribution in [3.63, 3.8) is 0 Å². The Morgan fingerprint density at radius 3 is 2.58 bits per heavy atom. The lowest BCUT2D eigenvalue weighted by molar-refractivity contribution is 0.886. The van der Waals surface area contributed by atoms with Crippen LogP contribution in [0, 0.1) is 0 Å². The molecule has 5 heteroatoms. The Morgan fingerprint density at radius 2 is 1.89 bits per heavy atom. The van der Waals surface area contributed by atoms with Crippen molar-refractivity contribution >= 4 is 39.7 Å². The molecule has 2 nitrogen and oxygen atoms in total. The highest BCUT2D eigenvalue weighted by molar-refractivity contribution is 8.01. The van der Waals surface area contributed by atoms with Gasteiger partial charge in [-0.3, -0.25) is 0 Å². The minimum atomic E-state index is 0.726. The van der Waals surface area contributed by atoms with Crippen LogP contribution in [0.1, 0.15) is 25.7 Å². The maximum atomic E-state index is 6.10. The maximum Gasteiger partial charge on any atom is 0.152 e. The number of nitrogens with zero attached hydrogens (tertiary/aromatic N) is 1. The molecule has 0 spiro atoms. The molecule has 1 aromatic carbocycles. The molecule has 1 aromatic heterocycles. The summed E-state index contributed by atoms with van der Waals surface area (Å²) in [5, 5.41) is 2.25. The zero-order valence-corrected chi connectivity index (χ0v) is 12.8. The number of rotatable bonds is 3. The number of hydrogen-bond acceptors (Lipinski definition) is 4. The van der Waals surface area contributed by atoms with Gasteiger partial charge in [-0.1, -0.05) is 59.7 Å². The quantitative estimate of drug-likeness (QED) is 0.859. The summed E-state index contributed by atoms with van der Waals surface area (Å²) >= 11 is 9.39. The fourth-order valence-corrected chi connectivity index (χ4v) is 4.90. The minimum absolute atomic E-state index is 0.726. The van der Waals surface area contributed by atoms with Gasteiger partial charge in [-0.25, -0.2) is 4.98 Å². The molecule has 0 atom stereocenters. The van der Waals surface area contributed by atoms with Gasteiger partial charge >= 0.3 is 0 Å². The van der Waals surface area contributed by atoms with Crippen molar-refractivity contribution in [2.24, 2.45) is 0 Å². The second-order valence-corrected chi connectivity index (χ2v) is 7.74. The van der Waals surface area contributed by atoms with Crippen molar-refractivity contribution < 1.29 is 0 Å². The average Bonchev–Trinajstić information content (AvgIpc) is 3.01. The molecule has 100 valence electrons. The number of hydrogen-bond donors (Lipinski definition) is 1. The minimum Gasteiger partial charge on any atom is -0.389 e. The average molecular weight is 311 g/mol. The molecule has 0 aliphatic heterocycles. The van der Waals surface area contributed by atoms with Gasteiger partial charge in [0.05, 0.1) is 0 Å². The lowest BCUT2D eigenvalue weighted by atomic mass is 10.2. The van der Waals surface area contributed by atoms with E-state index in [1.807, 2.05) is 36.0 Å². The van der Waals surface area contributed by atoms with Crippen LogP contribution in [-0.4, -0.2) is 10.2 Å². The molecule has 0 saturated heterocycles. The third-order valence-electron chi connectivity index (χ3n) is 3.32. The first-order valence-corrected chi connectivity index (χ1v) is 8.48. The summed E-state index contributed by atoms with van der Waals surface area (Å²) in [7, 11) is 0. The van der Waals surface area contributed by atoms with E-state index in [0.717, 1.165) is 30.9 Å². The second kappa shape index (κ2) is 5.73. The van der Waals surface area contributed by atoms with E-state index in [1.165, 1.54) is 25.7 Å². The molecule has 1 fully saturated rings. The highest BCUT2D eigenvalue weighted by Gasteiger charge is 2.19. The molecule has 2 aromatic rings. The van der Waals surface area contributed by atoms with Crippen molar-refractivity contribution in [3.05, 3.63) is 29.3 Å². The normalized spacial score (nSPS) is 16.1. The van der Waals surface area contributed by atoms with Crippen molar-refractivity contribution in [2.75, 3.05) is 5.73 Å². The van der Waals surface area contributed by atoms with Gasteiger partial charge in [0, 0.05) is 15.8 Å².